The Hall–Kier alpha value is -2.04. The summed E-state index contributed by atoms with van der Waals surface area (Å²) in [6.45, 7) is 3.73. The van der Waals surface area contributed by atoms with E-state index in [4.69, 9.17) is 0 Å². The van der Waals surface area contributed by atoms with Crippen molar-refractivity contribution in [3.63, 3.8) is 0 Å². The van der Waals surface area contributed by atoms with Gasteiger partial charge in [-0.05, 0) is 43.7 Å². The molecule has 1 amide bonds. The summed E-state index contributed by atoms with van der Waals surface area (Å²) in [6, 6.07) is 8.68. The van der Waals surface area contributed by atoms with E-state index in [1.165, 1.54) is 24.0 Å². The van der Waals surface area contributed by atoms with Crippen LogP contribution in [0, 0.1) is 12.3 Å². The van der Waals surface area contributed by atoms with Crippen LogP contribution in [0.2, 0.25) is 0 Å². The van der Waals surface area contributed by atoms with Crippen LogP contribution in [0.25, 0.3) is 0 Å². The number of nitrogens with zero attached hydrogens (tertiary/aromatic N) is 2. The summed E-state index contributed by atoms with van der Waals surface area (Å²) in [5, 5.41) is 6.97. The number of rotatable bonds is 6. The van der Waals surface area contributed by atoms with Gasteiger partial charge in [0.1, 0.15) is 0 Å². The van der Waals surface area contributed by atoms with Gasteiger partial charge in [-0.15, -0.1) is 0 Å². The first kappa shape index (κ1) is 19.7. The third kappa shape index (κ3) is 4.12. The summed E-state index contributed by atoms with van der Waals surface area (Å²) in [5.41, 5.74) is 2.76. The highest BCUT2D eigenvalue weighted by Gasteiger charge is 2.45. The molecule has 5 heteroatoms. The predicted molar refractivity (Wildman–Crippen MR) is 111 cm³/mol. The predicted octanol–water partition coefficient (Wildman–Crippen LogP) is 2.84. The molecular weight excluding hydrogens is 336 g/mol. The maximum Gasteiger partial charge on any atom is 0.230 e. The van der Waals surface area contributed by atoms with Gasteiger partial charge >= 0.3 is 0 Å². The zero-order valence-corrected chi connectivity index (χ0v) is 17.3. The van der Waals surface area contributed by atoms with Crippen LogP contribution in [0.4, 0.5) is 0 Å². The number of hydrogen-bond donors (Lipinski definition) is 2. The van der Waals surface area contributed by atoms with E-state index in [2.05, 4.69) is 46.8 Å². The van der Waals surface area contributed by atoms with Gasteiger partial charge in [-0.2, -0.15) is 0 Å². The van der Waals surface area contributed by atoms with Crippen molar-refractivity contribution in [2.45, 2.75) is 50.9 Å². The molecule has 0 aromatic heterocycles. The first-order chi connectivity index (χ1) is 12.9. The van der Waals surface area contributed by atoms with E-state index >= 15 is 0 Å². The molecular formula is C22H34N4O. The van der Waals surface area contributed by atoms with Crippen LogP contribution in [0.5, 0.6) is 0 Å². The maximum atomic E-state index is 12.7. The molecule has 2 saturated carbocycles. The lowest BCUT2D eigenvalue weighted by Gasteiger charge is -2.31. The normalized spacial score (nSPS) is 20.2. The zero-order valence-electron chi connectivity index (χ0n) is 17.3. The van der Waals surface area contributed by atoms with E-state index in [0.29, 0.717) is 6.54 Å². The van der Waals surface area contributed by atoms with Gasteiger partial charge in [-0.25, -0.2) is 0 Å². The molecule has 0 bridgehead atoms. The standard InChI is InChI=1S/C22H34N4O/c1-17-9-5-6-10-18(17)21(13-14-21)15-24-20(23-2)25-16-22(11-7-8-12-22)19(27)26(3)4/h5-6,9-10H,7-8,11-16H2,1-4H3,(H2,23,24,25). The second-order valence-corrected chi connectivity index (χ2v) is 8.56. The third-order valence-electron chi connectivity index (χ3n) is 6.40. The minimum atomic E-state index is -0.283. The van der Waals surface area contributed by atoms with Crippen LogP contribution in [-0.4, -0.2) is 51.0 Å². The molecule has 0 aliphatic heterocycles. The van der Waals surface area contributed by atoms with Crippen LogP contribution < -0.4 is 10.6 Å². The van der Waals surface area contributed by atoms with Gasteiger partial charge in [0.25, 0.3) is 0 Å². The number of aliphatic imine (C=N–C) groups is 1. The van der Waals surface area contributed by atoms with Crippen molar-refractivity contribution in [3.8, 4) is 0 Å². The summed E-state index contributed by atoms with van der Waals surface area (Å²) in [4.78, 5) is 18.9. The molecule has 0 heterocycles. The van der Waals surface area contributed by atoms with Crippen LogP contribution in [0.1, 0.15) is 49.7 Å². The fraction of sp³-hybridized carbons (Fsp3) is 0.636. The second-order valence-electron chi connectivity index (χ2n) is 8.56. The topological polar surface area (TPSA) is 56.7 Å². The lowest BCUT2D eigenvalue weighted by molar-refractivity contribution is -0.138. The number of nitrogens with one attached hydrogen (secondary N) is 2. The fourth-order valence-corrected chi connectivity index (χ4v) is 4.58. The molecule has 2 aliphatic rings. The Labute approximate surface area is 163 Å². The summed E-state index contributed by atoms with van der Waals surface area (Å²) in [6.07, 6.45) is 6.60. The van der Waals surface area contributed by atoms with Gasteiger partial charge in [0.05, 0.1) is 5.41 Å². The monoisotopic (exact) mass is 370 g/mol. The van der Waals surface area contributed by atoms with Crippen LogP contribution in [-0.2, 0) is 10.2 Å². The Bertz CT molecular complexity index is 700. The van der Waals surface area contributed by atoms with Crippen molar-refractivity contribution in [3.05, 3.63) is 35.4 Å². The summed E-state index contributed by atoms with van der Waals surface area (Å²) < 4.78 is 0. The van der Waals surface area contributed by atoms with Crippen molar-refractivity contribution in [1.29, 1.82) is 0 Å². The highest BCUT2D eigenvalue weighted by Crippen LogP contribution is 2.48. The second kappa shape index (κ2) is 7.91. The van der Waals surface area contributed by atoms with Gasteiger partial charge in [-0.1, -0.05) is 37.1 Å². The molecule has 27 heavy (non-hydrogen) atoms. The van der Waals surface area contributed by atoms with E-state index < -0.39 is 0 Å². The molecule has 2 fully saturated rings. The number of amides is 1. The number of carbonyl (C=O) groups excluding carboxylic acids is 1. The van der Waals surface area contributed by atoms with Crippen molar-refractivity contribution in [2.75, 3.05) is 34.2 Å². The molecule has 2 N–H and O–H groups in total. The Morgan fingerprint density at radius 2 is 1.70 bits per heavy atom. The highest BCUT2D eigenvalue weighted by atomic mass is 16.2. The maximum absolute atomic E-state index is 12.7. The van der Waals surface area contributed by atoms with Gasteiger partial charge in [0, 0.05) is 39.6 Å². The number of hydrogen-bond acceptors (Lipinski definition) is 2. The first-order valence-corrected chi connectivity index (χ1v) is 10.1. The van der Waals surface area contributed by atoms with Crippen LogP contribution in [0.15, 0.2) is 29.3 Å². The molecule has 0 unspecified atom stereocenters. The Kier molecular flexibility index (Phi) is 5.78. The Morgan fingerprint density at radius 1 is 1.07 bits per heavy atom. The highest BCUT2D eigenvalue weighted by molar-refractivity contribution is 5.85. The third-order valence-corrected chi connectivity index (χ3v) is 6.40. The van der Waals surface area contributed by atoms with E-state index in [0.717, 1.165) is 38.2 Å². The van der Waals surface area contributed by atoms with E-state index in [-0.39, 0.29) is 16.7 Å². The molecule has 2 aliphatic carbocycles. The number of guanidine groups is 1. The molecule has 1 aromatic rings. The van der Waals surface area contributed by atoms with Crippen LogP contribution >= 0.6 is 0 Å². The summed E-state index contributed by atoms with van der Waals surface area (Å²) in [7, 11) is 5.51. The first-order valence-electron chi connectivity index (χ1n) is 10.1. The van der Waals surface area contributed by atoms with Gasteiger partial charge < -0.3 is 15.5 Å². The SMILES string of the molecule is CN=C(NCC1(C(=O)N(C)C)CCCC1)NCC1(c2ccccc2C)CC1. The number of benzene rings is 1. The average molecular weight is 371 g/mol. The van der Waals surface area contributed by atoms with E-state index in [9.17, 15) is 4.79 Å². The fourth-order valence-electron chi connectivity index (χ4n) is 4.58. The van der Waals surface area contributed by atoms with Crippen molar-refractivity contribution < 1.29 is 4.79 Å². The smallest absolute Gasteiger partial charge is 0.230 e. The summed E-state index contributed by atoms with van der Waals surface area (Å²) in [5.74, 6) is 1.04. The Balaban J connectivity index is 1.60. The lowest BCUT2D eigenvalue weighted by atomic mass is 9.84. The molecule has 5 nitrogen and oxygen atoms in total. The number of carbonyl (C=O) groups is 1. The van der Waals surface area contributed by atoms with Crippen molar-refractivity contribution in [2.24, 2.45) is 10.4 Å². The molecule has 3 rings (SSSR count). The Morgan fingerprint density at radius 3 is 2.26 bits per heavy atom. The summed E-state index contributed by atoms with van der Waals surface area (Å²) >= 11 is 0. The number of aryl methyl sites for hydroxylation is 1. The van der Waals surface area contributed by atoms with Crippen molar-refractivity contribution in [1.82, 2.24) is 15.5 Å². The average Bonchev–Trinajstić information content (AvgIpc) is 3.29. The molecule has 148 valence electrons. The minimum absolute atomic E-state index is 0.230. The molecule has 0 spiro atoms. The molecule has 0 radical (unpaired) electrons. The van der Waals surface area contributed by atoms with Crippen molar-refractivity contribution >= 4 is 11.9 Å². The van der Waals surface area contributed by atoms with Gasteiger partial charge in [-0.3, -0.25) is 9.79 Å². The quantitative estimate of drug-likeness (QED) is 0.598. The largest absolute Gasteiger partial charge is 0.356 e. The van der Waals surface area contributed by atoms with E-state index in [1.54, 1.807) is 11.9 Å². The molecule has 1 aromatic carbocycles. The van der Waals surface area contributed by atoms with Crippen LogP contribution in [0.3, 0.4) is 0 Å². The molecule has 0 saturated heterocycles. The minimum Gasteiger partial charge on any atom is -0.356 e. The molecule has 0 atom stereocenters. The van der Waals surface area contributed by atoms with Gasteiger partial charge in [0.15, 0.2) is 5.96 Å². The van der Waals surface area contributed by atoms with Gasteiger partial charge in [0.2, 0.25) is 5.91 Å². The van der Waals surface area contributed by atoms with E-state index in [1.807, 2.05) is 14.1 Å². The lowest BCUT2D eigenvalue weighted by Crippen LogP contribution is -2.50. The zero-order chi connectivity index (χ0) is 19.5.